The van der Waals surface area contributed by atoms with Gasteiger partial charge in [0.05, 0.1) is 5.25 Å². The first-order valence-corrected chi connectivity index (χ1v) is 8.99. The Hall–Kier alpha value is -1.07. The van der Waals surface area contributed by atoms with Gasteiger partial charge in [0.15, 0.2) is 0 Å². The van der Waals surface area contributed by atoms with Gasteiger partial charge in [-0.1, -0.05) is 32.9 Å². The van der Waals surface area contributed by atoms with Crippen LogP contribution in [0.4, 0.5) is 5.69 Å². The Morgan fingerprint density at radius 2 is 1.90 bits per heavy atom. The Balaban J connectivity index is 2.10. The molecule has 0 amide bonds. The van der Waals surface area contributed by atoms with Crippen molar-refractivity contribution in [2.45, 2.75) is 45.3 Å². The molecule has 21 heavy (non-hydrogen) atoms. The first kappa shape index (κ1) is 16.3. The van der Waals surface area contributed by atoms with Crippen LogP contribution in [-0.4, -0.2) is 26.9 Å². The van der Waals surface area contributed by atoms with Gasteiger partial charge >= 0.3 is 0 Å². The molecule has 1 saturated heterocycles. The van der Waals surface area contributed by atoms with E-state index in [1.807, 2.05) is 24.3 Å². The van der Waals surface area contributed by atoms with E-state index in [1.54, 1.807) is 0 Å². The van der Waals surface area contributed by atoms with Gasteiger partial charge in [-0.2, -0.15) is 0 Å². The highest BCUT2D eigenvalue weighted by Gasteiger charge is 2.27. The number of benzene rings is 1. The number of anilines is 1. The van der Waals surface area contributed by atoms with Crippen LogP contribution in [0.5, 0.6) is 0 Å². The molecule has 0 atom stereocenters. The summed E-state index contributed by atoms with van der Waals surface area (Å²) >= 11 is 0. The minimum atomic E-state index is -3.33. The Bertz CT molecular complexity index is 569. The van der Waals surface area contributed by atoms with E-state index < -0.39 is 10.0 Å². The van der Waals surface area contributed by atoms with Crippen LogP contribution in [0.15, 0.2) is 24.3 Å². The molecular formula is C16H25NO3S. The summed E-state index contributed by atoms with van der Waals surface area (Å²) < 4.78 is 32.7. The zero-order chi connectivity index (χ0) is 15.5. The maximum atomic E-state index is 12.4. The molecule has 0 bridgehead atoms. The second-order valence-corrected chi connectivity index (χ2v) is 8.86. The Morgan fingerprint density at radius 1 is 1.24 bits per heavy atom. The van der Waals surface area contributed by atoms with E-state index in [-0.39, 0.29) is 10.7 Å². The first-order chi connectivity index (χ1) is 9.76. The molecule has 5 heteroatoms. The fourth-order valence-corrected chi connectivity index (χ4v) is 4.03. The lowest BCUT2D eigenvalue weighted by atomic mass is 9.88. The van der Waals surface area contributed by atoms with E-state index in [0.717, 1.165) is 12.0 Å². The maximum Gasteiger partial charge on any atom is 0.235 e. The van der Waals surface area contributed by atoms with Crippen molar-refractivity contribution in [1.29, 1.82) is 0 Å². The molecule has 1 aliphatic heterocycles. The first-order valence-electron chi connectivity index (χ1n) is 7.45. The molecule has 0 aromatic heterocycles. The Morgan fingerprint density at radius 3 is 2.52 bits per heavy atom. The summed E-state index contributed by atoms with van der Waals surface area (Å²) in [6, 6.07) is 7.69. The highest BCUT2D eigenvalue weighted by Crippen LogP contribution is 2.24. The van der Waals surface area contributed by atoms with E-state index in [4.69, 9.17) is 4.74 Å². The van der Waals surface area contributed by atoms with Crippen LogP contribution in [0, 0.1) is 5.41 Å². The molecule has 0 aliphatic carbocycles. The largest absolute Gasteiger partial charge is 0.381 e. The molecular weight excluding hydrogens is 286 g/mol. The monoisotopic (exact) mass is 311 g/mol. The van der Waals surface area contributed by atoms with Crippen LogP contribution in [-0.2, 0) is 21.2 Å². The Labute approximate surface area is 127 Å². The number of ether oxygens (including phenoxy) is 1. The molecule has 0 spiro atoms. The van der Waals surface area contributed by atoms with Gasteiger partial charge in [-0.15, -0.1) is 0 Å². The summed E-state index contributed by atoms with van der Waals surface area (Å²) in [6.07, 6.45) is 2.05. The molecule has 0 saturated carbocycles. The predicted octanol–water partition coefficient (Wildman–Crippen LogP) is 3.20. The third-order valence-corrected chi connectivity index (χ3v) is 5.40. The minimum Gasteiger partial charge on any atom is -0.381 e. The van der Waals surface area contributed by atoms with Gasteiger partial charge in [0, 0.05) is 18.9 Å². The van der Waals surface area contributed by atoms with Crippen molar-refractivity contribution in [2.24, 2.45) is 5.41 Å². The van der Waals surface area contributed by atoms with Crippen molar-refractivity contribution >= 4 is 15.7 Å². The lowest BCUT2D eigenvalue weighted by molar-refractivity contribution is 0.0984. The van der Waals surface area contributed by atoms with Crippen LogP contribution >= 0.6 is 0 Å². The summed E-state index contributed by atoms with van der Waals surface area (Å²) in [6.45, 7) is 7.56. The van der Waals surface area contributed by atoms with Crippen molar-refractivity contribution in [3.05, 3.63) is 29.8 Å². The zero-order valence-electron chi connectivity index (χ0n) is 13.1. The fraction of sp³-hybridized carbons (Fsp3) is 0.625. The van der Waals surface area contributed by atoms with Crippen LogP contribution in [0.1, 0.15) is 39.2 Å². The summed E-state index contributed by atoms with van der Waals surface area (Å²) in [5.74, 6) is 0. The molecule has 118 valence electrons. The smallest absolute Gasteiger partial charge is 0.235 e. The number of nitrogens with one attached hydrogen (secondary N) is 1. The third kappa shape index (κ3) is 5.00. The lowest BCUT2D eigenvalue weighted by Gasteiger charge is -2.23. The Kier molecular flexibility index (Phi) is 4.94. The van der Waals surface area contributed by atoms with E-state index in [0.29, 0.717) is 31.7 Å². The predicted molar refractivity (Wildman–Crippen MR) is 86.0 cm³/mol. The summed E-state index contributed by atoms with van der Waals surface area (Å²) in [5.41, 5.74) is 1.98. The highest BCUT2D eigenvalue weighted by molar-refractivity contribution is 7.93. The van der Waals surface area contributed by atoms with E-state index in [2.05, 4.69) is 25.5 Å². The van der Waals surface area contributed by atoms with E-state index in [9.17, 15) is 8.42 Å². The average molecular weight is 311 g/mol. The molecule has 1 N–H and O–H groups in total. The van der Waals surface area contributed by atoms with Crippen LogP contribution < -0.4 is 4.72 Å². The summed E-state index contributed by atoms with van der Waals surface area (Å²) in [4.78, 5) is 0. The molecule has 1 aliphatic rings. The van der Waals surface area contributed by atoms with Crippen molar-refractivity contribution in [3.8, 4) is 0 Å². The molecule has 4 nitrogen and oxygen atoms in total. The van der Waals surface area contributed by atoms with Crippen LogP contribution in [0.3, 0.4) is 0 Å². The van der Waals surface area contributed by atoms with Crippen molar-refractivity contribution in [3.63, 3.8) is 0 Å². The minimum absolute atomic E-state index is 0.179. The molecule has 0 unspecified atom stereocenters. The number of hydrogen-bond acceptors (Lipinski definition) is 3. The normalized spacial score (nSPS) is 17.7. The van der Waals surface area contributed by atoms with Gasteiger partial charge in [-0.05, 0) is 42.4 Å². The molecule has 1 aromatic carbocycles. The molecule has 2 rings (SSSR count). The number of sulfonamides is 1. The molecule has 1 heterocycles. The van der Waals surface area contributed by atoms with Crippen molar-refractivity contribution < 1.29 is 13.2 Å². The van der Waals surface area contributed by atoms with Gasteiger partial charge in [-0.3, -0.25) is 4.72 Å². The highest BCUT2D eigenvalue weighted by atomic mass is 32.2. The second-order valence-electron chi connectivity index (χ2n) is 6.90. The average Bonchev–Trinajstić information content (AvgIpc) is 2.37. The van der Waals surface area contributed by atoms with Crippen molar-refractivity contribution in [2.75, 3.05) is 17.9 Å². The van der Waals surface area contributed by atoms with Crippen molar-refractivity contribution in [1.82, 2.24) is 0 Å². The van der Waals surface area contributed by atoms with Crippen LogP contribution in [0.25, 0.3) is 0 Å². The fourth-order valence-electron chi connectivity index (χ4n) is 2.59. The van der Waals surface area contributed by atoms with Crippen LogP contribution in [0.2, 0.25) is 0 Å². The molecule has 1 fully saturated rings. The third-order valence-electron chi connectivity index (χ3n) is 3.53. The number of hydrogen-bond donors (Lipinski definition) is 1. The topological polar surface area (TPSA) is 55.4 Å². The summed E-state index contributed by atoms with van der Waals surface area (Å²) in [5, 5.41) is -0.350. The van der Waals surface area contributed by atoms with Gasteiger partial charge < -0.3 is 4.74 Å². The van der Waals surface area contributed by atoms with E-state index in [1.165, 1.54) is 0 Å². The van der Waals surface area contributed by atoms with Gasteiger partial charge in [0.2, 0.25) is 10.0 Å². The van der Waals surface area contributed by atoms with Gasteiger partial charge in [0.1, 0.15) is 0 Å². The molecule has 0 radical (unpaired) electrons. The second kappa shape index (κ2) is 6.36. The van der Waals surface area contributed by atoms with Gasteiger partial charge in [-0.25, -0.2) is 8.42 Å². The van der Waals surface area contributed by atoms with Gasteiger partial charge in [0.25, 0.3) is 0 Å². The standard InChI is InChI=1S/C16H25NO3S/c1-16(2,3)12-13-5-4-6-14(11-13)17-21(18,19)15-7-9-20-10-8-15/h4-6,11,15,17H,7-10,12H2,1-3H3. The SMILES string of the molecule is CC(C)(C)Cc1cccc(NS(=O)(=O)C2CCOCC2)c1. The lowest BCUT2D eigenvalue weighted by Crippen LogP contribution is -2.33. The quantitative estimate of drug-likeness (QED) is 0.929. The molecule has 1 aromatic rings. The summed E-state index contributed by atoms with van der Waals surface area (Å²) in [7, 11) is -3.33. The number of rotatable bonds is 4. The zero-order valence-corrected chi connectivity index (χ0v) is 13.9. The maximum absolute atomic E-state index is 12.4. The van der Waals surface area contributed by atoms with E-state index >= 15 is 0 Å².